The van der Waals surface area contributed by atoms with Crippen LogP contribution in [0.1, 0.15) is 45.4 Å². The topological polar surface area (TPSA) is 85.8 Å². The molecule has 7 atom stereocenters. The lowest BCUT2D eigenvalue weighted by Gasteiger charge is -2.34. The summed E-state index contributed by atoms with van der Waals surface area (Å²) in [4.78, 5) is 34.1. The predicted octanol–water partition coefficient (Wildman–Crippen LogP) is 3.55. The second-order valence-electron chi connectivity index (χ2n) is 9.75. The highest BCUT2D eigenvalue weighted by Gasteiger charge is 2.38. The monoisotopic (exact) mass is 491 g/mol. The maximum Gasteiger partial charge on any atom is 0.323 e. The van der Waals surface area contributed by atoms with Gasteiger partial charge in [-0.15, -0.1) is 23.5 Å². The van der Waals surface area contributed by atoms with Gasteiger partial charge in [-0.05, 0) is 49.2 Å². The molecule has 1 fully saturated rings. The average molecular weight is 492 g/mol. The molecule has 0 aromatic carbocycles. The highest BCUT2D eigenvalue weighted by atomic mass is 32.2. The van der Waals surface area contributed by atoms with Crippen LogP contribution in [0.4, 0.5) is 4.79 Å². The number of thioether (sulfide) groups is 2. The Balaban J connectivity index is 1.29. The summed E-state index contributed by atoms with van der Waals surface area (Å²) < 4.78 is 0. The third kappa shape index (κ3) is 5.98. The van der Waals surface area contributed by atoms with E-state index in [1.165, 1.54) is 4.91 Å². The van der Waals surface area contributed by atoms with E-state index >= 15 is 0 Å². The lowest BCUT2D eigenvalue weighted by molar-refractivity contribution is -0.125. The number of fused-ring (bicyclic) bond motifs is 1. The first-order valence-electron chi connectivity index (χ1n) is 12.0. The number of imide groups is 1. The zero-order valence-electron chi connectivity index (χ0n) is 20.0. The number of carbonyl (C=O) groups excluding carboxylic acids is 2. The van der Waals surface area contributed by atoms with Crippen molar-refractivity contribution in [3.05, 3.63) is 23.1 Å². The molecular formula is C24H37N5O2S2. The van der Waals surface area contributed by atoms with Crippen LogP contribution < -0.4 is 16.0 Å². The van der Waals surface area contributed by atoms with E-state index in [2.05, 4.69) is 52.3 Å². The molecule has 0 aromatic heterocycles. The van der Waals surface area contributed by atoms with Gasteiger partial charge in [0.25, 0.3) is 0 Å². The van der Waals surface area contributed by atoms with E-state index in [9.17, 15) is 9.59 Å². The van der Waals surface area contributed by atoms with Crippen molar-refractivity contribution in [3.63, 3.8) is 0 Å². The van der Waals surface area contributed by atoms with Crippen LogP contribution in [-0.2, 0) is 4.79 Å². The first-order chi connectivity index (χ1) is 15.8. The molecule has 4 rings (SSSR count). The smallest absolute Gasteiger partial charge is 0.323 e. The first kappa shape index (κ1) is 24.7. The number of nitrogens with zero attached hydrogens (tertiary/aromatic N) is 2. The van der Waals surface area contributed by atoms with Crippen molar-refractivity contribution in [2.75, 3.05) is 20.4 Å². The highest BCUT2D eigenvalue weighted by Crippen LogP contribution is 2.38. The molecule has 7 nitrogen and oxygen atoms in total. The van der Waals surface area contributed by atoms with Crippen LogP contribution in [0.3, 0.4) is 0 Å². The number of amidine groups is 1. The Hall–Kier alpha value is -1.45. The molecular weight excluding hydrogens is 454 g/mol. The molecule has 3 N–H and O–H groups in total. The van der Waals surface area contributed by atoms with Crippen LogP contribution >= 0.6 is 23.5 Å². The number of nitrogens with one attached hydrogen (secondary N) is 3. The zero-order chi connectivity index (χ0) is 23.5. The molecule has 0 bridgehead atoms. The molecule has 1 saturated heterocycles. The minimum atomic E-state index is -0.411. The highest BCUT2D eigenvalue weighted by molar-refractivity contribution is 8.02. The quantitative estimate of drug-likeness (QED) is 0.522. The Kier molecular flexibility index (Phi) is 8.12. The Morgan fingerprint density at radius 1 is 1.30 bits per heavy atom. The van der Waals surface area contributed by atoms with E-state index < -0.39 is 6.03 Å². The number of urea groups is 1. The van der Waals surface area contributed by atoms with Crippen LogP contribution in [0.5, 0.6) is 0 Å². The van der Waals surface area contributed by atoms with E-state index in [0.717, 1.165) is 44.4 Å². The van der Waals surface area contributed by atoms with Gasteiger partial charge in [-0.25, -0.2) is 4.79 Å². The summed E-state index contributed by atoms with van der Waals surface area (Å²) in [6.07, 6.45) is 14.7. The fourth-order valence-electron chi connectivity index (χ4n) is 5.27. The largest absolute Gasteiger partial charge is 0.366 e. The lowest BCUT2D eigenvalue weighted by Crippen LogP contribution is -2.50. The normalized spacial score (nSPS) is 35.8. The number of aliphatic imine (C=N–C) groups is 1. The van der Waals surface area contributed by atoms with Gasteiger partial charge in [0.1, 0.15) is 5.50 Å². The summed E-state index contributed by atoms with van der Waals surface area (Å²) in [6, 6.07) is 0.177. The van der Waals surface area contributed by atoms with Crippen molar-refractivity contribution < 1.29 is 9.59 Å². The summed E-state index contributed by atoms with van der Waals surface area (Å²) in [7, 11) is 4.08. The minimum absolute atomic E-state index is 0.104. The van der Waals surface area contributed by atoms with Crippen molar-refractivity contribution in [2.45, 2.75) is 68.3 Å². The lowest BCUT2D eigenvalue weighted by atomic mass is 9.75. The Labute approximate surface area is 206 Å². The molecule has 2 aliphatic heterocycles. The molecule has 7 unspecified atom stereocenters. The Morgan fingerprint density at radius 3 is 2.88 bits per heavy atom. The van der Waals surface area contributed by atoms with E-state index in [1.807, 2.05) is 14.1 Å². The molecule has 0 radical (unpaired) electrons. The van der Waals surface area contributed by atoms with E-state index in [1.54, 1.807) is 23.5 Å². The van der Waals surface area contributed by atoms with Gasteiger partial charge in [0, 0.05) is 43.6 Å². The summed E-state index contributed by atoms with van der Waals surface area (Å²) in [5.41, 5.74) is -0.167. The fourth-order valence-corrected chi connectivity index (χ4v) is 7.42. The third-order valence-electron chi connectivity index (χ3n) is 7.27. The molecule has 33 heavy (non-hydrogen) atoms. The third-order valence-corrected chi connectivity index (χ3v) is 9.50. The van der Waals surface area contributed by atoms with Crippen molar-refractivity contribution >= 4 is 41.3 Å². The van der Waals surface area contributed by atoms with Gasteiger partial charge < -0.3 is 10.2 Å². The Bertz CT molecular complexity index is 843. The number of hydrogen-bond donors (Lipinski definition) is 3. The van der Waals surface area contributed by atoms with Crippen molar-refractivity contribution in [1.29, 1.82) is 0 Å². The van der Waals surface area contributed by atoms with Gasteiger partial charge in [-0.2, -0.15) is 0 Å². The summed E-state index contributed by atoms with van der Waals surface area (Å²) in [6.45, 7) is 2.06. The number of allylic oxidation sites excluding steroid dienone is 2. The fraction of sp³-hybridized carbons (Fsp3) is 0.708. The first-order valence-corrected chi connectivity index (χ1v) is 14.2. The van der Waals surface area contributed by atoms with E-state index in [0.29, 0.717) is 11.3 Å². The standard InChI is InChI=1S/C24H37N5O2S2/c1-14-8-9-15(18-6-5-7-21(25-18)29(2)3)12-17(14)22(30)27-23(31)28-24-26-19-11-10-16(32-4)13-20(19)33-24/h8-10,14-15,17-20,24,26H,5-7,11-13H2,1-4H3,(H2,27,28,30,31). The Morgan fingerprint density at radius 2 is 2.12 bits per heavy atom. The van der Waals surface area contributed by atoms with Crippen LogP contribution in [0.15, 0.2) is 28.1 Å². The van der Waals surface area contributed by atoms with Crippen molar-refractivity contribution in [3.8, 4) is 0 Å². The van der Waals surface area contributed by atoms with Crippen LogP contribution in [0.2, 0.25) is 0 Å². The number of carbonyl (C=O) groups is 2. The summed E-state index contributed by atoms with van der Waals surface area (Å²) >= 11 is 3.55. The second kappa shape index (κ2) is 10.9. The molecule has 0 aromatic rings. The maximum atomic E-state index is 13.0. The number of amides is 3. The van der Waals surface area contributed by atoms with Gasteiger partial charge in [0.15, 0.2) is 0 Å². The minimum Gasteiger partial charge on any atom is -0.366 e. The van der Waals surface area contributed by atoms with Crippen molar-refractivity contribution in [1.82, 2.24) is 20.9 Å². The SMILES string of the molecule is CSC1=CCC2NC(NC(=O)NC(=O)C3CC(C4CCCC(N(C)C)=N4)C=CC3C)SC2C1. The summed E-state index contributed by atoms with van der Waals surface area (Å²) in [5, 5.41) is 9.53. The predicted molar refractivity (Wildman–Crippen MR) is 138 cm³/mol. The number of rotatable bonds is 4. The molecule has 0 saturated carbocycles. The zero-order valence-corrected chi connectivity index (χ0v) is 21.7. The molecule has 9 heteroatoms. The number of hydrogen-bond acceptors (Lipinski definition) is 7. The second-order valence-corrected chi connectivity index (χ2v) is 12.0. The average Bonchev–Trinajstić information content (AvgIpc) is 3.20. The summed E-state index contributed by atoms with van der Waals surface area (Å²) in [5.74, 6) is 1.08. The van der Waals surface area contributed by atoms with Gasteiger partial charge in [-0.1, -0.05) is 25.2 Å². The molecule has 4 aliphatic rings. The molecule has 2 heterocycles. The van der Waals surface area contributed by atoms with Gasteiger partial charge in [-0.3, -0.25) is 20.4 Å². The van der Waals surface area contributed by atoms with Gasteiger partial charge in [0.2, 0.25) is 5.91 Å². The van der Waals surface area contributed by atoms with E-state index in [4.69, 9.17) is 4.99 Å². The van der Waals surface area contributed by atoms with Crippen LogP contribution in [0.25, 0.3) is 0 Å². The van der Waals surface area contributed by atoms with Crippen LogP contribution in [-0.4, -0.2) is 65.9 Å². The maximum absolute atomic E-state index is 13.0. The molecule has 182 valence electrons. The molecule has 3 amide bonds. The van der Waals surface area contributed by atoms with Gasteiger partial charge >= 0.3 is 6.03 Å². The van der Waals surface area contributed by atoms with Gasteiger partial charge in [0.05, 0.1) is 11.9 Å². The molecule has 0 spiro atoms. The van der Waals surface area contributed by atoms with Crippen LogP contribution in [0, 0.1) is 17.8 Å². The van der Waals surface area contributed by atoms with E-state index in [-0.39, 0.29) is 35.2 Å². The van der Waals surface area contributed by atoms with Crippen molar-refractivity contribution in [2.24, 2.45) is 22.7 Å². The molecule has 2 aliphatic carbocycles.